The number of hydrogen-bond donors (Lipinski definition) is 1. The van der Waals surface area contributed by atoms with E-state index in [0.717, 1.165) is 22.6 Å². The van der Waals surface area contributed by atoms with Gasteiger partial charge in [-0.15, -0.1) is 0 Å². The van der Waals surface area contributed by atoms with Crippen molar-refractivity contribution in [3.63, 3.8) is 0 Å². The van der Waals surface area contributed by atoms with E-state index in [9.17, 15) is 4.39 Å². The third-order valence-corrected chi connectivity index (χ3v) is 5.54. The number of anilines is 1. The van der Waals surface area contributed by atoms with Gasteiger partial charge in [0, 0.05) is 23.7 Å². The number of thiocarbonyl (C=S) groups is 1. The Morgan fingerprint density at radius 2 is 1.77 bits per heavy atom. The number of nitrogens with one attached hydrogen (secondary N) is 1. The quantitative estimate of drug-likeness (QED) is 0.426. The standard InChI is InChI=1S/C24H24ClFN2O2S/c1-16-7-12-23(30-3)22(13-16)27-24(31)28(14-17-8-10-18(29-2)11-9-17)15-19-20(25)5-4-6-21(19)26/h4-13H,14-15H2,1-3H3,(H,27,31). The van der Waals surface area contributed by atoms with Crippen LogP contribution in [-0.4, -0.2) is 24.2 Å². The lowest BCUT2D eigenvalue weighted by Gasteiger charge is -2.27. The molecule has 0 bridgehead atoms. The number of rotatable bonds is 7. The van der Waals surface area contributed by atoms with Gasteiger partial charge in [0.2, 0.25) is 0 Å². The molecule has 0 aromatic heterocycles. The van der Waals surface area contributed by atoms with Crippen LogP contribution in [0.5, 0.6) is 11.5 Å². The van der Waals surface area contributed by atoms with Gasteiger partial charge >= 0.3 is 0 Å². The van der Waals surface area contributed by atoms with E-state index in [1.54, 1.807) is 26.4 Å². The van der Waals surface area contributed by atoms with Crippen molar-refractivity contribution in [2.75, 3.05) is 19.5 Å². The highest BCUT2D eigenvalue weighted by molar-refractivity contribution is 7.80. The maximum Gasteiger partial charge on any atom is 0.174 e. The molecule has 3 rings (SSSR count). The summed E-state index contributed by atoms with van der Waals surface area (Å²) in [5, 5.41) is 4.03. The first-order chi connectivity index (χ1) is 14.9. The second kappa shape index (κ2) is 10.5. The Morgan fingerprint density at radius 1 is 1.03 bits per heavy atom. The summed E-state index contributed by atoms with van der Waals surface area (Å²) in [7, 11) is 3.23. The lowest BCUT2D eigenvalue weighted by Crippen LogP contribution is -2.34. The molecule has 0 fully saturated rings. The molecule has 0 unspecified atom stereocenters. The van der Waals surface area contributed by atoms with Gasteiger partial charge in [-0.1, -0.05) is 35.9 Å². The fourth-order valence-corrected chi connectivity index (χ4v) is 3.60. The Labute approximate surface area is 192 Å². The van der Waals surface area contributed by atoms with Gasteiger partial charge in [-0.2, -0.15) is 0 Å². The molecule has 3 aromatic rings. The molecular weight excluding hydrogens is 435 g/mol. The topological polar surface area (TPSA) is 33.7 Å². The molecule has 162 valence electrons. The number of aryl methyl sites for hydroxylation is 1. The van der Waals surface area contributed by atoms with Crippen molar-refractivity contribution < 1.29 is 13.9 Å². The maximum absolute atomic E-state index is 14.5. The van der Waals surface area contributed by atoms with Crippen LogP contribution >= 0.6 is 23.8 Å². The summed E-state index contributed by atoms with van der Waals surface area (Å²) in [6.07, 6.45) is 0. The highest BCUT2D eigenvalue weighted by Crippen LogP contribution is 2.27. The van der Waals surface area contributed by atoms with Crippen LogP contribution in [0.2, 0.25) is 5.02 Å². The molecule has 7 heteroatoms. The lowest BCUT2D eigenvalue weighted by atomic mass is 10.1. The van der Waals surface area contributed by atoms with Gasteiger partial charge in [-0.25, -0.2) is 4.39 Å². The Kier molecular flexibility index (Phi) is 7.71. The minimum absolute atomic E-state index is 0.206. The summed E-state index contributed by atoms with van der Waals surface area (Å²) in [5.74, 6) is 1.06. The van der Waals surface area contributed by atoms with E-state index >= 15 is 0 Å². The SMILES string of the molecule is COc1ccc(CN(Cc2c(F)cccc2Cl)C(=S)Nc2cc(C)ccc2OC)cc1. The Hall–Kier alpha value is -2.83. The molecule has 0 saturated carbocycles. The Bertz CT molecular complexity index is 1040. The molecule has 0 amide bonds. The van der Waals surface area contributed by atoms with E-state index in [-0.39, 0.29) is 12.4 Å². The van der Waals surface area contributed by atoms with Gasteiger partial charge in [0.05, 0.1) is 19.9 Å². The van der Waals surface area contributed by atoms with Crippen LogP contribution in [0, 0.1) is 12.7 Å². The molecule has 0 saturated heterocycles. The van der Waals surface area contributed by atoms with Gasteiger partial charge in [0.25, 0.3) is 0 Å². The van der Waals surface area contributed by atoms with E-state index in [0.29, 0.717) is 28.0 Å². The zero-order valence-corrected chi connectivity index (χ0v) is 19.2. The molecule has 0 atom stereocenters. The first kappa shape index (κ1) is 22.8. The van der Waals surface area contributed by atoms with Crippen molar-refractivity contribution in [1.82, 2.24) is 4.90 Å². The number of ether oxygens (including phenoxy) is 2. The average Bonchev–Trinajstić information content (AvgIpc) is 2.76. The van der Waals surface area contributed by atoms with E-state index in [1.165, 1.54) is 6.07 Å². The summed E-state index contributed by atoms with van der Waals surface area (Å²) in [6, 6.07) is 18.1. The Balaban J connectivity index is 1.90. The number of methoxy groups -OCH3 is 2. The average molecular weight is 459 g/mol. The largest absolute Gasteiger partial charge is 0.497 e. The first-order valence-electron chi connectivity index (χ1n) is 9.67. The number of nitrogens with zero attached hydrogens (tertiary/aromatic N) is 1. The van der Waals surface area contributed by atoms with Gasteiger partial charge < -0.3 is 19.7 Å². The number of halogens is 2. The van der Waals surface area contributed by atoms with Crippen molar-refractivity contribution in [2.45, 2.75) is 20.0 Å². The summed E-state index contributed by atoms with van der Waals surface area (Å²) in [5.41, 5.74) is 3.18. The molecule has 31 heavy (non-hydrogen) atoms. The fraction of sp³-hybridized carbons (Fsp3) is 0.208. The van der Waals surface area contributed by atoms with Crippen molar-refractivity contribution in [2.24, 2.45) is 0 Å². The molecule has 0 aliphatic carbocycles. The molecular formula is C24H24ClFN2O2S. The molecule has 0 radical (unpaired) electrons. The van der Waals surface area contributed by atoms with Crippen molar-refractivity contribution in [3.8, 4) is 11.5 Å². The van der Waals surface area contributed by atoms with Gasteiger partial charge in [0.1, 0.15) is 17.3 Å². The van der Waals surface area contributed by atoms with Gasteiger partial charge in [-0.3, -0.25) is 0 Å². The molecule has 3 aromatic carbocycles. The van der Waals surface area contributed by atoms with E-state index in [2.05, 4.69) is 5.32 Å². The molecule has 0 aliphatic heterocycles. The zero-order chi connectivity index (χ0) is 22.4. The van der Waals surface area contributed by atoms with E-state index < -0.39 is 0 Å². The third kappa shape index (κ3) is 5.87. The van der Waals surface area contributed by atoms with Crippen molar-refractivity contribution >= 4 is 34.6 Å². The minimum atomic E-state index is -0.372. The van der Waals surface area contributed by atoms with Crippen molar-refractivity contribution in [1.29, 1.82) is 0 Å². The third-order valence-electron chi connectivity index (χ3n) is 4.83. The summed E-state index contributed by atoms with van der Waals surface area (Å²) in [6.45, 7) is 2.65. The molecule has 1 N–H and O–H groups in total. The van der Waals surface area contributed by atoms with Crippen LogP contribution in [0.1, 0.15) is 16.7 Å². The summed E-state index contributed by atoms with van der Waals surface area (Å²) in [4.78, 5) is 1.86. The summed E-state index contributed by atoms with van der Waals surface area (Å²) >= 11 is 12.0. The smallest absolute Gasteiger partial charge is 0.174 e. The van der Waals surface area contributed by atoms with E-state index in [1.807, 2.05) is 54.3 Å². The van der Waals surface area contributed by atoms with Crippen LogP contribution in [0.4, 0.5) is 10.1 Å². The monoisotopic (exact) mass is 458 g/mol. The minimum Gasteiger partial charge on any atom is -0.497 e. The second-order valence-electron chi connectivity index (χ2n) is 7.04. The molecule has 4 nitrogen and oxygen atoms in total. The van der Waals surface area contributed by atoms with E-state index in [4.69, 9.17) is 33.3 Å². The highest BCUT2D eigenvalue weighted by Gasteiger charge is 2.17. The van der Waals surface area contributed by atoms with Crippen LogP contribution < -0.4 is 14.8 Å². The Morgan fingerprint density at radius 3 is 2.42 bits per heavy atom. The van der Waals surface area contributed by atoms with Crippen LogP contribution in [-0.2, 0) is 13.1 Å². The highest BCUT2D eigenvalue weighted by atomic mass is 35.5. The predicted octanol–water partition coefficient (Wildman–Crippen LogP) is 6.20. The van der Waals surface area contributed by atoms with Crippen LogP contribution in [0.25, 0.3) is 0 Å². The second-order valence-corrected chi connectivity index (χ2v) is 7.83. The lowest BCUT2D eigenvalue weighted by molar-refractivity contribution is 0.399. The zero-order valence-electron chi connectivity index (χ0n) is 17.6. The molecule has 0 spiro atoms. The molecule has 0 heterocycles. The van der Waals surface area contributed by atoms with Crippen molar-refractivity contribution in [3.05, 3.63) is 88.2 Å². The molecule has 0 aliphatic rings. The van der Waals surface area contributed by atoms with Crippen LogP contribution in [0.15, 0.2) is 60.7 Å². The number of benzene rings is 3. The van der Waals surface area contributed by atoms with Gasteiger partial charge in [0.15, 0.2) is 5.11 Å². The van der Waals surface area contributed by atoms with Crippen LogP contribution in [0.3, 0.4) is 0 Å². The fourth-order valence-electron chi connectivity index (χ4n) is 3.14. The first-order valence-corrected chi connectivity index (χ1v) is 10.5. The summed E-state index contributed by atoms with van der Waals surface area (Å²) < 4.78 is 25.2. The number of hydrogen-bond acceptors (Lipinski definition) is 3. The normalized spacial score (nSPS) is 10.5. The predicted molar refractivity (Wildman–Crippen MR) is 128 cm³/mol. The van der Waals surface area contributed by atoms with Gasteiger partial charge in [-0.05, 0) is 66.7 Å². The maximum atomic E-state index is 14.5.